The van der Waals surface area contributed by atoms with Crippen molar-refractivity contribution in [1.29, 1.82) is 0 Å². The lowest BCUT2D eigenvalue weighted by Gasteiger charge is -2.30. The van der Waals surface area contributed by atoms with E-state index >= 15 is 0 Å². The van der Waals surface area contributed by atoms with Crippen molar-refractivity contribution >= 4 is 11.8 Å². The zero-order valence-corrected chi connectivity index (χ0v) is 16.8. The van der Waals surface area contributed by atoms with E-state index in [0.717, 1.165) is 11.1 Å². The Morgan fingerprint density at radius 1 is 0.926 bits per heavy atom. The van der Waals surface area contributed by atoms with Gasteiger partial charge in [0.15, 0.2) is 0 Å². The van der Waals surface area contributed by atoms with Crippen LogP contribution in [0.1, 0.15) is 42.0 Å². The molecule has 4 nitrogen and oxygen atoms in total. The zero-order chi connectivity index (χ0) is 19.8. The highest BCUT2D eigenvalue weighted by Gasteiger charge is 2.27. The molecule has 2 rings (SSSR count). The monoisotopic (exact) mass is 366 g/mol. The number of likely N-dealkylation sites (N-methyl/N-ethyl adjacent to an activating group) is 1. The number of hydrogen-bond acceptors (Lipinski definition) is 2. The van der Waals surface area contributed by atoms with Crippen molar-refractivity contribution in [2.45, 2.75) is 52.6 Å². The number of hydrogen-bond donors (Lipinski definition) is 1. The number of rotatable bonds is 8. The Morgan fingerprint density at radius 2 is 1.44 bits per heavy atom. The van der Waals surface area contributed by atoms with Crippen LogP contribution in [0, 0.1) is 13.8 Å². The quantitative estimate of drug-likeness (QED) is 0.773. The van der Waals surface area contributed by atoms with Crippen molar-refractivity contribution in [3.05, 3.63) is 70.8 Å². The summed E-state index contributed by atoms with van der Waals surface area (Å²) in [7, 11) is 1.62. The average Bonchev–Trinajstić information content (AvgIpc) is 2.68. The number of carbonyl (C=O) groups excluding carboxylic acids is 2. The third-order valence-electron chi connectivity index (χ3n) is 4.85. The van der Waals surface area contributed by atoms with Crippen molar-refractivity contribution in [3.63, 3.8) is 0 Å². The summed E-state index contributed by atoms with van der Waals surface area (Å²) in [6.07, 6.45) is 1.65. The molecule has 0 bridgehead atoms. The van der Waals surface area contributed by atoms with Gasteiger partial charge in [-0.15, -0.1) is 0 Å². The molecule has 1 atom stereocenters. The average molecular weight is 367 g/mol. The molecule has 2 aromatic carbocycles. The van der Waals surface area contributed by atoms with Crippen LogP contribution in [0.5, 0.6) is 0 Å². The number of nitrogens with one attached hydrogen (secondary N) is 1. The van der Waals surface area contributed by atoms with Crippen LogP contribution < -0.4 is 5.32 Å². The molecule has 0 saturated heterocycles. The fourth-order valence-electron chi connectivity index (χ4n) is 3.13. The Kier molecular flexibility index (Phi) is 7.59. The molecule has 2 amide bonds. The molecule has 0 aliphatic heterocycles. The number of carbonyl (C=O) groups is 2. The van der Waals surface area contributed by atoms with Crippen LogP contribution in [-0.2, 0) is 22.6 Å². The molecule has 2 aromatic rings. The summed E-state index contributed by atoms with van der Waals surface area (Å²) in [5.74, 6) is -0.111. The summed E-state index contributed by atoms with van der Waals surface area (Å²) in [5.41, 5.74) is 4.55. The fourth-order valence-corrected chi connectivity index (χ4v) is 3.13. The smallest absolute Gasteiger partial charge is 0.242 e. The van der Waals surface area contributed by atoms with Gasteiger partial charge in [0.2, 0.25) is 11.8 Å². The summed E-state index contributed by atoms with van der Waals surface area (Å²) >= 11 is 0. The van der Waals surface area contributed by atoms with Gasteiger partial charge in [-0.3, -0.25) is 9.59 Å². The minimum absolute atomic E-state index is 0.00611. The highest BCUT2D eigenvalue weighted by molar-refractivity contribution is 5.87. The molecule has 0 saturated carbocycles. The molecule has 0 radical (unpaired) electrons. The minimum atomic E-state index is -0.457. The number of aryl methyl sites for hydroxylation is 3. The standard InChI is InChI=1S/C23H30N2O2/c1-5-21(23(27)24-4)25(16-20-12-8-18(3)9-13-20)22(26)15-14-19-10-6-17(2)7-11-19/h6-13,21H,5,14-16H2,1-4H3,(H,24,27)/t21-/m1/s1. The van der Waals surface area contributed by atoms with E-state index in [1.807, 2.05) is 45.0 Å². The van der Waals surface area contributed by atoms with E-state index < -0.39 is 6.04 Å². The zero-order valence-electron chi connectivity index (χ0n) is 16.8. The molecule has 0 spiro atoms. The van der Waals surface area contributed by atoms with Gasteiger partial charge in [0.05, 0.1) is 0 Å². The van der Waals surface area contributed by atoms with Gasteiger partial charge >= 0.3 is 0 Å². The van der Waals surface area contributed by atoms with Gasteiger partial charge in [0.1, 0.15) is 6.04 Å². The first kappa shape index (κ1) is 20.7. The van der Waals surface area contributed by atoms with Crippen molar-refractivity contribution in [1.82, 2.24) is 10.2 Å². The molecule has 144 valence electrons. The predicted molar refractivity (Wildman–Crippen MR) is 109 cm³/mol. The maximum atomic E-state index is 13.0. The van der Waals surface area contributed by atoms with Crippen molar-refractivity contribution in [3.8, 4) is 0 Å². The Labute approximate surface area is 162 Å². The lowest BCUT2D eigenvalue weighted by Crippen LogP contribution is -2.48. The van der Waals surface area contributed by atoms with Crippen LogP contribution in [0.3, 0.4) is 0 Å². The highest BCUT2D eigenvalue weighted by Crippen LogP contribution is 2.16. The van der Waals surface area contributed by atoms with Gasteiger partial charge in [0.25, 0.3) is 0 Å². The lowest BCUT2D eigenvalue weighted by atomic mass is 10.0. The summed E-state index contributed by atoms with van der Waals surface area (Å²) in [6.45, 7) is 6.47. The largest absolute Gasteiger partial charge is 0.357 e. The molecule has 27 heavy (non-hydrogen) atoms. The summed E-state index contributed by atoms with van der Waals surface area (Å²) < 4.78 is 0. The SMILES string of the molecule is CC[C@H](C(=O)NC)N(Cc1ccc(C)cc1)C(=O)CCc1ccc(C)cc1. The molecule has 0 aromatic heterocycles. The summed E-state index contributed by atoms with van der Waals surface area (Å²) in [4.78, 5) is 27.1. The Bertz CT molecular complexity index is 751. The van der Waals surface area contributed by atoms with Crippen LogP contribution >= 0.6 is 0 Å². The van der Waals surface area contributed by atoms with E-state index in [1.165, 1.54) is 11.1 Å². The second-order valence-electron chi connectivity index (χ2n) is 7.03. The summed E-state index contributed by atoms with van der Waals surface area (Å²) in [6, 6.07) is 15.9. The third kappa shape index (κ3) is 5.95. The topological polar surface area (TPSA) is 49.4 Å². The normalized spacial score (nSPS) is 11.7. The first-order valence-electron chi connectivity index (χ1n) is 9.56. The molecular formula is C23H30N2O2. The molecular weight excluding hydrogens is 336 g/mol. The van der Waals surface area contributed by atoms with Crippen LogP contribution in [0.2, 0.25) is 0 Å². The lowest BCUT2D eigenvalue weighted by molar-refractivity contribution is -0.141. The Balaban J connectivity index is 2.15. The second-order valence-corrected chi connectivity index (χ2v) is 7.03. The van der Waals surface area contributed by atoms with Crippen molar-refractivity contribution in [2.24, 2.45) is 0 Å². The molecule has 0 aliphatic carbocycles. The Morgan fingerprint density at radius 3 is 1.93 bits per heavy atom. The van der Waals surface area contributed by atoms with Gasteiger partial charge in [-0.05, 0) is 37.8 Å². The molecule has 0 heterocycles. The van der Waals surface area contributed by atoms with E-state index in [4.69, 9.17) is 0 Å². The summed E-state index contributed by atoms with van der Waals surface area (Å²) in [5, 5.41) is 2.69. The maximum Gasteiger partial charge on any atom is 0.242 e. The highest BCUT2D eigenvalue weighted by atomic mass is 16.2. The minimum Gasteiger partial charge on any atom is -0.357 e. The molecule has 1 N–H and O–H groups in total. The molecule has 0 unspecified atom stereocenters. The van der Waals surface area contributed by atoms with Gasteiger partial charge in [-0.1, -0.05) is 66.6 Å². The molecule has 4 heteroatoms. The van der Waals surface area contributed by atoms with Gasteiger partial charge in [-0.2, -0.15) is 0 Å². The third-order valence-corrected chi connectivity index (χ3v) is 4.85. The van der Waals surface area contributed by atoms with Crippen LogP contribution in [0.15, 0.2) is 48.5 Å². The molecule has 0 aliphatic rings. The van der Waals surface area contributed by atoms with Crippen molar-refractivity contribution < 1.29 is 9.59 Å². The van der Waals surface area contributed by atoms with Crippen LogP contribution in [-0.4, -0.2) is 29.8 Å². The van der Waals surface area contributed by atoms with Gasteiger partial charge < -0.3 is 10.2 Å². The number of nitrogens with zero attached hydrogens (tertiary/aromatic N) is 1. The van der Waals surface area contributed by atoms with E-state index in [2.05, 4.69) is 29.6 Å². The maximum absolute atomic E-state index is 13.0. The first-order valence-corrected chi connectivity index (χ1v) is 9.56. The van der Waals surface area contributed by atoms with E-state index in [0.29, 0.717) is 25.8 Å². The van der Waals surface area contributed by atoms with Gasteiger partial charge in [-0.25, -0.2) is 0 Å². The van der Waals surface area contributed by atoms with E-state index in [-0.39, 0.29) is 11.8 Å². The fraction of sp³-hybridized carbons (Fsp3) is 0.391. The molecule has 0 fully saturated rings. The predicted octanol–water partition coefficient (Wildman–Crippen LogP) is 3.79. The number of benzene rings is 2. The van der Waals surface area contributed by atoms with E-state index in [1.54, 1.807) is 11.9 Å². The van der Waals surface area contributed by atoms with Gasteiger partial charge in [0, 0.05) is 20.0 Å². The second kappa shape index (κ2) is 9.91. The van der Waals surface area contributed by atoms with Crippen LogP contribution in [0.4, 0.5) is 0 Å². The first-order chi connectivity index (χ1) is 12.9. The Hall–Kier alpha value is -2.62. The van der Waals surface area contributed by atoms with Crippen LogP contribution in [0.25, 0.3) is 0 Å². The van der Waals surface area contributed by atoms with E-state index in [9.17, 15) is 9.59 Å². The van der Waals surface area contributed by atoms with Crippen molar-refractivity contribution in [2.75, 3.05) is 7.05 Å². The number of amides is 2.